The first-order valence-corrected chi connectivity index (χ1v) is 9.96. The molecule has 4 N–H and O–H groups in total. The van der Waals surface area contributed by atoms with E-state index < -0.39 is 17.9 Å². The van der Waals surface area contributed by atoms with Crippen LogP contribution >= 0.6 is 0 Å². The highest BCUT2D eigenvalue weighted by molar-refractivity contribution is 5.85. The Labute approximate surface area is 164 Å². The van der Waals surface area contributed by atoms with Gasteiger partial charge in [0.25, 0.3) is 0 Å². The van der Waals surface area contributed by atoms with Crippen LogP contribution in [0.5, 0.6) is 0 Å². The first kappa shape index (κ1) is 21.6. The summed E-state index contributed by atoms with van der Waals surface area (Å²) >= 11 is 0. The quantitative estimate of drug-likeness (QED) is 0.447. The normalized spacial score (nSPS) is 12.2. The van der Waals surface area contributed by atoms with Crippen LogP contribution in [0.25, 0.3) is 11.2 Å². The molecule has 154 valence electrons. The molecule has 1 atom stereocenters. The monoisotopic (exact) mass is 390 g/mol. The summed E-state index contributed by atoms with van der Waals surface area (Å²) in [5.41, 5.74) is 6.59. The van der Waals surface area contributed by atoms with Gasteiger partial charge in [-0.25, -0.2) is 19.7 Å². The van der Waals surface area contributed by atoms with E-state index in [0.29, 0.717) is 17.6 Å². The Morgan fingerprint density at radius 3 is 2.46 bits per heavy atom. The standard InChI is InChI=1S/C19H30N6O3/c1-2-3-4-5-6-7-8-9-10-14(19(27)28)24-15(26)11-25-13-23-16-17(20)21-12-22-18(16)25/h12-14H,2-11H2,1H3,(H,24,26)(H,27,28)(H2,20,21,22). The third kappa shape index (κ3) is 6.47. The highest BCUT2D eigenvalue weighted by Crippen LogP contribution is 2.14. The van der Waals surface area contributed by atoms with Gasteiger partial charge in [0.15, 0.2) is 11.5 Å². The second-order valence-corrected chi connectivity index (χ2v) is 7.03. The Morgan fingerprint density at radius 2 is 1.79 bits per heavy atom. The molecule has 9 nitrogen and oxygen atoms in total. The zero-order chi connectivity index (χ0) is 20.4. The number of anilines is 1. The minimum Gasteiger partial charge on any atom is -0.480 e. The van der Waals surface area contributed by atoms with Crippen LogP contribution in [0.1, 0.15) is 64.7 Å². The number of nitrogen functional groups attached to an aromatic ring is 1. The summed E-state index contributed by atoms with van der Waals surface area (Å²) in [7, 11) is 0. The molecule has 2 aromatic rings. The number of carboxylic acid groups (broad SMARTS) is 1. The Bertz CT molecular complexity index is 776. The van der Waals surface area contributed by atoms with Crippen molar-refractivity contribution in [3.05, 3.63) is 12.7 Å². The van der Waals surface area contributed by atoms with Crippen LogP contribution in [0.15, 0.2) is 12.7 Å². The second-order valence-electron chi connectivity index (χ2n) is 7.03. The van der Waals surface area contributed by atoms with Gasteiger partial charge in [-0.05, 0) is 6.42 Å². The number of carbonyl (C=O) groups is 2. The summed E-state index contributed by atoms with van der Waals surface area (Å²) in [6.07, 6.45) is 12.2. The van der Waals surface area contributed by atoms with Crippen LogP contribution in [-0.2, 0) is 16.1 Å². The number of amides is 1. The molecular formula is C19H30N6O3. The zero-order valence-electron chi connectivity index (χ0n) is 16.4. The summed E-state index contributed by atoms with van der Waals surface area (Å²) in [5.74, 6) is -1.18. The van der Waals surface area contributed by atoms with Crippen molar-refractivity contribution < 1.29 is 14.7 Å². The van der Waals surface area contributed by atoms with Crippen molar-refractivity contribution in [3.8, 4) is 0 Å². The van der Waals surface area contributed by atoms with Crippen LogP contribution in [0.2, 0.25) is 0 Å². The number of carboxylic acids is 1. The van der Waals surface area contributed by atoms with Crippen molar-refractivity contribution in [2.24, 2.45) is 0 Å². The van der Waals surface area contributed by atoms with Gasteiger partial charge in [0.1, 0.15) is 24.4 Å². The van der Waals surface area contributed by atoms with Crippen molar-refractivity contribution in [1.29, 1.82) is 0 Å². The van der Waals surface area contributed by atoms with Crippen molar-refractivity contribution >= 4 is 28.9 Å². The summed E-state index contributed by atoms with van der Waals surface area (Å²) in [4.78, 5) is 35.8. The number of fused-ring (bicyclic) bond motifs is 1. The van der Waals surface area contributed by atoms with Gasteiger partial charge in [0, 0.05) is 0 Å². The first-order valence-electron chi connectivity index (χ1n) is 9.96. The lowest BCUT2D eigenvalue weighted by molar-refractivity contribution is -0.142. The molecule has 2 aromatic heterocycles. The lowest BCUT2D eigenvalue weighted by atomic mass is 10.0. The fraction of sp³-hybridized carbons (Fsp3) is 0.632. The molecule has 0 saturated carbocycles. The largest absolute Gasteiger partial charge is 0.480 e. The van der Waals surface area contributed by atoms with Crippen molar-refractivity contribution in [1.82, 2.24) is 24.8 Å². The maximum absolute atomic E-state index is 12.3. The Kier molecular flexibility index (Phi) is 8.64. The topological polar surface area (TPSA) is 136 Å². The Balaban J connectivity index is 1.77. The molecule has 0 aromatic carbocycles. The van der Waals surface area contributed by atoms with Crippen LogP contribution in [0, 0.1) is 0 Å². The summed E-state index contributed by atoms with van der Waals surface area (Å²) in [6.45, 7) is 2.12. The lowest BCUT2D eigenvalue weighted by Crippen LogP contribution is -2.42. The van der Waals surface area contributed by atoms with E-state index in [0.717, 1.165) is 19.3 Å². The van der Waals surface area contributed by atoms with Crippen molar-refractivity contribution in [2.45, 2.75) is 77.3 Å². The van der Waals surface area contributed by atoms with E-state index in [9.17, 15) is 14.7 Å². The smallest absolute Gasteiger partial charge is 0.326 e. The summed E-state index contributed by atoms with van der Waals surface area (Å²) < 4.78 is 1.53. The van der Waals surface area contributed by atoms with E-state index >= 15 is 0 Å². The first-order chi connectivity index (χ1) is 13.5. The molecule has 0 aliphatic heterocycles. The molecule has 1 unspecified atom stereocenters. The van der Waals surface area contributed by atoms with E-state index in [1.54, 1.807) is 0 Å². The number of rotatable bonds is 13. The van der Waals surface area contributed by atoms with Gasteiger partial charge in [0.2, 0.25) is 5.91 Å². The number of imidazole rings is 1. The SMILES string of the molecule is CCCCCCCCCCC(NC(=O)Cn1cnc2c(N)ncnc21)C(=O)O. The molecule has 2 rings (SSSR count). The summed E-state index contributed by atoms with van der Waals surface area (Å²) in [6, 6.07) is -0.887. The molecule has 0 spiro atoms. The number of hydrogen-bond donors (Lipinski definition) is 3. The van der Waals surface area contributed by atoms with Gasteiger partial charge in [0.05, 0.1) is 6.33 Å². The van der Waals surface area contributed by atoms with Crippen LogP contribution in [0.3, 0.4) is 0 Å². The fourth-order valence-electron chi connectivity index (χ4n) is 3.15. The third-order valence-electron chi connectivity index (χ3n) is 4.72. The number of hydrogen-bond acceptors (Lipinski definition) is 6. The molecule has 0 saturated heterocycles. The van der Waals surface area contributed by atoms with E-state index in [1.807, 2.05) is 0 Å². The molecular weight excluding hydrogens is 360 g/mol. The predicted octanol–water partition coefficient (Wildman–Crippen LogP) is 2.51. The van der Waals surface area contributed by atoms with Gasteiger partial charge >= 0.3 is 5.97 Å². The van der Waals surface area contributed by atoms with E-state index in [-0.39, 0.29) is 12.4 Å². The minimum atomic E-state index is -1.02. The number of aliphatic carboxylic acids is 1. The lowest BCUT2D eigenvalue weighted by Gasteiger charge is -2.15. The van der Waals surface area contributed by atoms with Gasteiger partial charge in [-0.1, -0.05) is 58.3 Å². The third-order valence-corrected chi connectivity index (χ3v) is 4.72. The maximum atomic E-state index is 12.3. The molecule has 28 heavy (non-hydrogen) atoms. The highest BCUT2D eigenvalue weighted by Gasteiger charge is 2.20. The average Bonchev–Trinajstić information content (AvgIpc) is 3.07. The molecule has 0 aliphatic carbocycles. The molecule has 0 fully saturated rings. The number of nitrogens with one attached hydrogen (secondary N) is 1. The number of aromatic nitrogens is 4. The number of nitrogens with two attached hydrogens (primary N) is 1. The number of carbonyl (C=O) groups excluding carboxylic acids is 1. The Hall–Kier alpha value is -2.71. The molecule has 2 heterocycles. The molecule has 0 radical (unpaired) electrons. The van der Waals surface area contributed by atoms with Crippen LogP contribution in [-0.4, -0.2) is 42.5 Å². The summed E-state index contributed by atoms with van der Waals surface area (Å²) in [5, 5.41) is 12.0. The van der Waals surface area contributed by atoms with Crippen molar-refractivity contribution in [2.75, 3.05) is 5.73 Å². The molecule has 0 aliphatic rings. The average molecular weight is 390 g/mol. The second kappa shape index (κ2) is 11.2. The molecule has 1 amide bonds. The minimum absolute atomic E-state index is 0.0752. The molecule has 9 heteroatoms. The Morgan fingerprint density at radius 1 is 1.11 bits per heavy atom. The zero-order valence-corrected chi connectivity index (χ0v) is 16.4. The fourth-order valence-corrected chi connectivity index (χ4v) is 3.15. The predicted molar refractivity (Wildman–Crippen MR) is 107 cm³/mol. The maximum Gasteiger partial charge on any atom is 0.326 e. The van der Waals surface area contributed by atoms with Gasteiger partial charge in [-0.15, -0.1) is 0 Å². The van der Waals surface area contributed by atoms with Gasteiger partial charge < -0.3 is 20.7 Å². The van der Waals surface area contributed by atoms with Crippen LogP contribution in [0.4, 0.5) is 5.82 Å². The van der Waals surface area contributed by atoms with Crippen LogP contribution < -0.4 is 11.1 Å². The van der Waals surface area contributed by atoms with Gasteiger partial charge in [-0.2, -0.15) is 0 Å². The number of nitrogens with zero attached hydrogens (tertiary/aromatic N) is 4. The number of unbranched alkanes of at least 4 members (excludes halogenated alkanes) is 7. The molecule has 0 bridgehead atoms. The highest BCUT2D eigenvalue weighted by atomic mass is 16.4. The van der Waals surface area contributed by atoms with E-state index in [1.165, 1.54) is 49.3 Å². The van der Waals surface area contributed by atoms with E-state index in [2.05, 4.69) is 27.2 Å². The van der Waals surface area contributed by atoms with E-state index in [4.69, 9.17) is 5.73 Å². The van der Waals surface area contributed by atoms with Crippen molar-refractivity contribution in [3.63, 3.8) is 0 Å². The van der Waals surface area contributed by atoms with Gasteiger partial charge in [-0.3, -0.25) is 4.79 Å².